The Labute approximate surface area is 134 Å². The lowest BCUT2D eigenvalue weighted by Crippen LogP contribution is -2.29. The van der Waals surface area contributed by atoms with Gasteiger partial charge in [0, 0.05) is 23.0 Å². The number of benzene rings is 2. The van der Waals surface area contributed by atoms with E-state index < -0.39 is 0 Å². The van der Waals surface area contributed by atoms with Gasteiger partial charge < -0.3 is 5.32 Å². The second-order valence-corrected chi connectivity index (χ2v) is 6.46. The van der Waals surface area contributed by atoms with Crippen molar-refractivity contribution in [3.05, 3.63) is 69.9 Å². The molecule has 0 amide bonds. The fraction of sp³-hybridized carbons (Fsp3) is 0.333. The van der Waals surface area contributed by atoms with Gasteiger partial charge in [-0.3, -0.25) is 0 Å². The van der Waals surface area contributed by atoms with Gasteiger partial charge in [0.05, 0.1) is 0 Å². The van der Waals surface area contributed by atoms with E-state index in [0.29, 0.717) is 12.0 Å². The summed E-state index contributed by atoms with van der Waals surface area (Å²) in [5, 5.41) is 3.49. The molecule has 2 aromatic rings. The minimum Gasteiger partial charge on any atom is -0.314 e. The van der Waals surface area contributed by atoms with E-state index in [9.17, 15) is 4.39 Å². The van der Waals surface area contributed by atoms with E-state index in [1.807, 2.05) is 6.07 Å². The molecule has 2 aromatic carbocycles. The summed E-state index contributed by atoms with van der Waals surface area (Å²) in [5.41, 5.74) is 2.29. The lowest BCUT2D eigenvalue weighted by atomic mass is 9.91. The van der Waals surface area contributed by atoms with E-state index in [2.05, 4.69) is 59.4 Å². The summed E-state index contributed by atoms with van der Waals surface area (Å²) in [4.78, 5) is 0. The molecule has 0 saturated heterocycles. The van der Waals surface area contributed by atoms with Gasteiger partial charge in [0.2, 0.25) is 0 Å². The molecule has 2 rings (SSSR count). The van der Waals surface area contributed by atoms with Crippen LogP contribution in [0.3, 0.4) is 0 Å². The van der Waals surface area contributed by atoms with E-state index >= 15 is 0 Å². The van der Waals surface area contributed by atoms with Crippen molar-refractivity contribution < 1.29 is 4.39 Å². The first-order valence-corrected chi connectivity index (χ1v) is 8.08. The van der Waals surface area contributed by atoms with Crippen molar-refractivity contribution in [2.24, 2.45) is 0 Å². The number of halogens is 2. The van der Waals surface area contributed by atoms with Crippen LogP contribution < -0.4 is 5.32 Å². The molecule has 1 atom stereocenters. The van der Waals surface area contributed by atoms with Crippen LogP contribution in [0.5, 0.6) is 0 Å². The summed E-state index contributed by atoms with van der Waals surface area (Å²) in [6, 6.07) is 15.7. The van der Waals surface area contributed by atoms with Crippen LogP contribution in [-0.2, 0) is 6.42 Å². The Bertz CT molecular complexity index is 569. The SMILES string of the molecule is CC(C)NCC(Cc1cc(F)ccc1Br)c1ccccc1. The van der Waals surface area contributed by atoms with Crippen LogP contribution in [0.1, 0.15) is 30.9 Å². The van der Waals surface area contributed by atoms with Gasteiger partial charge in [-0.25, -0.2) is 4.39 Å². The molecule has 0 spiro atoms. The monoisotopic (exact) mass is 349 g/mol. The Morgan fingerprint density at radius 1 is 1.10 bits per heavy atom. The highest BCUT2D eigenvalue weighted by Gasteiger charge is 2.15. The maximum Gasteiger partial charge on any atom is 0.123 e. The number of hydrogen-bond donors (Lipinski definition) is 1. The molecule has 0 aliphatic rings. The summed E-state index contributed by atoms with van der Waals surface area (Å²) < 4.78 is 14.4. The van der Waals surface area contributed by atoms with E-state index in [4.69, 9.17) is 0 Å². The first kappa shape index (κ1) is 16.2. The summed E-state index contributed by atoms with van der Waals surface area (Å²) in [6.45, 7) is 5.16. The van der Waals surface area contributed by atoms with Gasteiger partial charge in [-0.15, -0.1) is 0 Å². The van der Waals surface area contributed by atoms with Crippen molar-refractivity contribution in [1.29, 1.82) is 0 Å². The van der Waals surface area contributed by atoms with Crippen LogP contribution >= 0.6 is 15.9 Å². The minimum absolute atomic E-state index is 0.183. The average Bonchev–Trinajstić information content (AvgIpc) is 2.47. The minimum atomic E-state index is -0.183. The first-order chi connectivity index (χ1) is 10.1. The van der Waals surface area contributed by atoms with Gasteiger partial charge in [-0.1, -0.05) is 60.1 Å². The Morgan fingerprint density at radius 2 is 1.81 bits per heavy atom. The van der Waals surface area contributed by atoms with Gasteiger partial charge in [0.25, 0.3) is 0 Å². The smallest absolute Gasteiger partial charge is 0.123 e. The number of hydrogen-bond acceptors (Lipinski definition) is 1. The Balaban J connectivity index is 2.21. The van der Waals surface area contributed by atoms with E-state index in [-0.39, 0.29) is 5.82 Å². The van der Waals surface area contributed by atoms with Crippen molar-refractivity contribution in [3.63, 3.8) is 0 Å². The third-order valence-corrected chi connectivity index (χ3v) is 4.29. The van der Waals surface area contributed by atoms with Crippen LogP contribution in [0.2, 0.25) is 0 Å². The zero-order chi connectivity index (χ0) is 15.2. The van der Waals surface area contributed by atoms with Crippen LogP contribution in [0.25, 0.3) is 0 Å². The highest BCUT2D eigenvalue weighted by Crippen LogP contribution is 2.26. The van der Waals surface area contributed by atoms with E-state index in [1.54, 1.807) is 12.1 Å². The van der Waals surface area contributed by atoms with E-state index in [0.717, 1.165) is 23.0 Å². The fourth-order valence-electron chi connectivity index (χ4n) is 2.38. The standard InChI is InChI=1S/C18H21BrFN/c1-13(2)21-12-16(14-6-4-3-5-7-14)10-15-11-17(20)8-9-18(15)19/h3-9,11,13,16,21H,10,12H2,1-2H3. The summed E-state index contributed by atoms with van der Waals surface area (Å²) in [6.07, 6.45) is 0.808. The molecule has 3 heteroatoms. The lowest BCUT2D eigenvalue weighted by molar-refractivity contribution is 0.525. The number of rotatable bonds is 6. The van der Waals surface area contributed by atoms with E-state index in [1.165, 1.54) is 11.6 Å². The molecular weight excluding hydrogens is 329 g/mol. The van der Waals surface area contributed by atoms with Crippen molar-refractivity contribution in [3.8, 4) is 0 Å². The van der Waals surface area contributed by atoms with Gasteiger partial charge in [0.15, 0.2) is 0 Å². The molecule has 0 saturated carbocycles. The zero-order valence-electron chi connectivity index (χ0n) is 12.4. The third-order valence-electron chi connectivity index (χ3n) is 3.52. The van der Waals surface area contributed by atoms with Gasteiger partial charge in [0.1, 0.15) is 5.82 Å². The molecule has 112 valence electrons. The topological polar surface area (TPSA) is 12.0 Å². The average molecular weight is 350 g/mol. The predicted molar refractivity (Wildman–Crippen MR) is 90.1 cm³/mol. The molecule has 1 unspecified atom stereocenters. The first-order valence-electron chi connectivity index (χ1n) is 7.28. The molecule has 0 heterocycles. The second-order valence-electron chi connectivity index (χ2n) is 5.61. The van der Waals surface area contributed by atoms with Gasteiger partial charge >= 0.3 is 0 Å². The van der Waals surface area contributed by atoms with Crippen LogP contribution in [-0.4, -0.2) is 12.6 Å². The van der Waals surface area contributed by atoms with Crippen LogP contribution in [0.15, 0.2) is 53.0 Å². The Kier molecular flexibility index (Phi) is 5.95. The Hall–Kier alpha value is -1.19. The van der Waals surface area contributed by atoms with Crippen molar-refractivity contribution in [1.82, 2.24) is 5.32 Å². The largest absolute Gasteiger partial charge is 0.314 e. The molecule has 0 fully saturated rings. The molecule has 1 N–H and O–H groups in total. The maximum atomic E-state index is 13.5. The number of nitrogens with one attached hydrogen (secondary N) is 1. The molecule has 0 aliphatic heterocycles. The molecule has 0 aromatic heterocycles. The van der Waals surface area contributed by atoms with Crippen molar-refractivity contribution in [2.75, 3.05) is 6.54 Å². The highest BCUT2D eigenvalue weighted by atomic mass is 79.9. The van der Waals surface area contributed by atoms with Crippen molar-refractivity contribution in [2.45, 2.75) is 32.2 Å². The summed E-state index contributed by atoms with van der Waals surface area (Å²) in [5.74, 6) is 0.142. The molecular formula is C18H21BrFN. The normalized spacial score (nSPS) is 12.6. The Morgan fingerprint density at radius 3 is 2.48 bits per heavy atom. The summed E-state index contributed by atoms with van der Waals surface area (Å²) >= 11 is 3.52. The molecule has 0 bridgehead atoms. The van der Waals surface area contributed by atoms with Gasteiger partial charge in [-0.2, -0.15) is 0 Å². The zero-order valence-corrected chi connectivity index (χ0v) is 14.0. The predicted octanol–water partition coefficient (Wildman–Crippen LogP) is 4.91. The van der Waals surface area contributed by atoms with Crippen LogP contribution in [0, 0.1) is 5.82 Å². The highest BCUT2D eigenvalue weighted by molar-refractivity contribution is 9.10. The fourth-order valence-corrected chi connectivity index (χ4v) is 2.78. The van der Waals surface area contributed by atoms with Crippen LogP contribution in [0.4, 0.5) is 4.39 Å². The quantitative estimate of drug-likeness (QED) is 0.780. The van der Waals surface area contributed by atoms with Crippen molar-refractivity contribution >= 4 is 15.9 Å². The molecule has 0 aliphatic carbocycles. The second kappa shape index (κ2) is 7.71. The molecule has 21 heavy (non-hydrogen) atoms. The lowest BCUT2D eigenvalue weighted by Gasteiger charge is -2.20. The third kappa shape index (κ3) is 4.94. The van der Waals surface area contributed by atoms with Gasteiger partial charge in [-0.05, 0) is 35.7 Å². The maximum absolute atomic E-state index is 13.5. The summed E-state index contributed by atoms with van der Waals surface area (Å²) in [7, 11) is 0. The molecule has 0 radical (unpaired) electrons. The molecule has 1 nitrogen and oxygen atoms in total.